The molecule has 0 saturated heterocycles. The number of aryl methyl sites for hydroxylation is 1. The maximum Gasteiger partial charge on any atom is 0.345 e. The van der Waals surface area contributed by atoms with Gasteiger partial charge < -0.3 is 35.4 Å². The largest absolute Gasteiger partial charge is 0.503 e. The van der Waals surface area contributed by atoms with Crippen LogP contribution in [-0.4, -0.2) is 42.5 Å². The summed E-state index contributed by atoms with van der Waals surface area (Å²) in [4.78, 5) is 0.701. The van der Waals surface area contributed by atoms with Crippen LogP contribution in [0.2, 0.25) is 0 Å². The normalized spacial score (nSPS) is 15.2. The second-order valence-electron chi connectivity index (χ2n) is 7.04. The molecule has 0 saturated carbocycles. The molecule has 8 nitrogen and oxygen atoms in total. The number of aromatic hydroxyl groups is 2. The van der Waals surface area contributed by atoms with Crippen LogP contribution in [0.4, 0.5) is 0 Å². The van der Waals surface area contributed by atoms with Crippen LogP contribution in [0.15, 0.2) is 42.5 Å². The number of ether oxygens (including phenoxy) is 1. The van der Waals surface area contributed by atoms with Crippen LogP contribution in [0.1, 0.15) is 29.2 Å². The molecule has 1 aromatic heterocycles. The van der Waals surface area contributed by atoms with E-state index < -0.39 is 17.9 Å². The summed E-state index contributed by atoms with van der Waals surface area (Å²) in [5, 5.41) is 62.0. The van der Waals surface area contributed by atoms with Crippen molar-refractivity contribution in [2.24, 2.45) is 0 Å². The maximum atomic E-state index is 10.5. The third kappa shape index (κ3) is 4.96. The molecule has 0 amide bonds. The number of aliphatic hydroxyl groups is 4. The van der Waals surface area contributed by atoms with Crippen LogP contribution in [0.25, 0.3) is 10.8 Å². The molecule has 0 bridgehead atoms. The van der Waals surface area contributed by atoms with Gasteiger partial charge in [-0.05, 0) is 25.3 Å². The molecule has 3 rings (SSSR count). The highest BCUT2D eigenvalue weighted by Crippen LogP contribution is 2.46. The van der Waals surface area contributed by atoms with Crippen molar-refractivity contribution in [3.63, 3.8) is 0 Å². The van der Waals surface area contributed by atoms with Crippen LogP contribution < -0.4 is 10.1 Å². The zero-order chi connectivity index (χ0) is 21.4. The Morgan fingerprint density at radius 2 is 1.66 bits per heavy atom. The van der Waals surface area contributed by atoms with Gasteiger partial charge in [0.2, 0.25) is 0 Å². The number of fused-ring (bicyclic) bond motifs is 1. The first-order valence-corrected chi connectivity index (χ1v) is 9.63. The van der Waals surface area contributed by atoms with Gasteiger partial charge in [0.25, 0.3) is 0 Å². The number of rotatable bonds is 7. The summed E-state index contributed by atoms with van der Waals surface area (Å²) < 4.78 is 6.11. The highest BCUT2D eigenvalue weighted by molar-refractivity contribution is 7.12. The van der Waals surface area contributed by atoms with E-state index >= 15 is 0 Å². The summed E-state index contributed by atoms with van der Waals surface area (Å²) in [6.45, 7) is 2.83. The summed E-state index contributed by atoms with van der Waals surface area (Å²) in [5.41, 5.74) is -2.01. The van der Waals surface area contributed by atoms with Gasteiger partial charge in [0.05, 0.1) is 4.88 Å². The van der Waals surface area contributed by atoms with Gasteiger partial charge in [0.1, 0.15) is 17.6 Å². The average Bonchev–Trinajstić information content (AvgIpc) is 2.86. The number of hydrogen-bond acceptors (Lipinski definition) is 9. The molecule has 2 unspecified atom stereocenters. The first kappa shape index (κ1) is 21.3. The molecule has 0 fully saturated rings. The van der Waals surface area contributed by atoms with E-state index in [0.29, 0.717) is 10.6 Å². The molecule has 156 valence electrons. The predicted molar refractivity (Wildman–Crippen MR) is 107 cm³/mol. The zero-order valence-corrected chi connectivity index (χ0v) is 16.6. The van der Waals surface area contributed by atoms with Gasteiger partial charge in [-0.1, -0.05) is 36.4 Å². The van der Waals surface area contributed by atoms with Crippen molar-refractivity contribution >= 4 is 22.1 Å². The highest BCUT2D eigenvalue weighted by Gasteiger charge is 2.37. The van der Waals surface area contributed by atoms with Crippen molar-refractivity contribution in [2.45, 2.75) is 38.2 Å². The van der Waals surface area contributed by atoms with Crippen LogP contribution in [0, 0.1) is 6.92 Å². The van der Waals surface area contributed by atoms with Crippen molar-refractivity contribution in [2.75, 3.05) is 0 Å². The monoisotopic (exact) mass is 421 g/mol. The minimum Gasteiger partial charge on any atom is -0.503 e. The summed E-state index contributed by atoms with van der Waals surface area (Å²) in [7, 11) is 0. The zero-order valence-electron chi connectivity index (χ0n) is 15.8. The number of nitrogens with one attached hydrogen (secondary N) is 1. The SMILES string of the molecule is Cc1sc(C(CC(C)(O)NC(O)(O)O)Oc2cccc3ccccc23)c(O)c1O. The molecule has 1 heterocycles. The fraction of sp³-hybridized carbons (Fsp3) is 0.300. The van der Waals surface area contributed by atoms with Crippen molar-refractivity contribution in [3.05, 3.63) is 52.2 Å². The summed E-state index contributed by atoms with van der Waals surface area (Å²) in [6, 6.07) is 12.9. The van der Waals surface area contributed by atoms with Crippen LogP contribution in [0.5, 0.6) is 17.2 Å². The molecule has 9 heteroatoms. The van der Waals surface area contributed by atoms with Gasteiger partial charge in [-0.2, -0.15) is 0 Å². The van der Waals surface area contributed by atoms with E-state index in [0.717, 1.165) is 22.1 Å². The molecule has 29 heavy (non-hydrogen) atoms. The lowest BCUT2D eigenvalue weighted by Crippen LogP contribution is -2.57. The Balaban J connectivity index is 2.02. The predicted octanol–water partition coefficient (Wildman–Crippen LogP) is 2.02. The Kier molecular flexibility index (Phi) is 5.72. The van der Waals surface area contributed by atoms with Crippen molar-refractivity contribution < 1.29 is 35.4 Å². The van der Waals surface area contributed by atoms with Gasteiger partial charge in [-0.3, -0.25) is 0 Å². The fourth-order valence-corrected chi connectivity index (χ4v) is 4.16. The Hall–Kier alpha value is -2.40. The molecular formula is C20H23NO7S. The third-order valence-corrected chi connectivity index (χ3v) is 5.56. The van der Waals surface area contributed by atoms with Crippen LogP contribution >= 0.6 is 11.3 Å². The molecular weight excluding hydrogens is 398 g/mol. The van der Waals surface area contributed by atoms with E-state index in [1.165, 1.54) is 6.92 Å². The van der Waals surface area contributed by atoms with Crippen molar-refractivity contribution in [3.8, 4) is 17.2 Å². The van der Waals surface area contributed by atoms with Gasteiger partial charge in [-0.25, -0.2) is 5.32 Å². The quantitative estimate of drug-likeness (QED) is 0.287. The smallest absolute Gasteiger partial charge is 0.345 e. The first-order valence-electron chi connectivity index (χ1n) is 8.81. The highest BCUT2D eigenvalue weighted by atomic mass is 32.1. The lowest BCUT2D eigenvalue weighted by molar-refractivity contribution is -0.353. The second kappa shape index (κ2) is 7.79. The van der Waals surface area contributed by atoms with E-state index in [1.54, 1.807) is 19.1 Å². The molecule has 0 aliphatic heterocycles. The Morgan fingerprint density at radius 1 is 1.00 bits per heavy atom. The molecule has 2 atom stereocenters. The molecule has 0 aliphatic carbocycles. The number of benzene rings is 2. The van der Waals surface area contributed by atoms with Crippen LogP contribution in [-0.2, 0) is 0 Å². The lowest BCUT2D eigenvalue weighted by atomic mass is 10.0. The Labute approximate surface area is 170 Å². The Bertz CT molecular complexity index is 1000. The average molecular weight is 421 g/mol. The lowest BCUT2D eigenvalue weighted by Gasteiger charge is -2.32. The standard InChI is InChI=1S/C20H23NO7S/c1-11-16(22)17(23)18(29-11)15(10-19(2,24)21-20(25,26)27)28-14-9-5-7-12-6-3-4-8-13(12)14/h3-9,15,21-27H,10H2,1-2H3. The summed E-state index contributed by atoms with van der Waals surface area (Å²) in [5.74, 6) is -0.196. The minimum absolute atomic E-state index is 0.245. The fourth-order valence-electron chi connectivity index (χ4n) is 3.18. The van der Waals surface area contributed by atoms with Gasteiger partial charge in [0, 0.05) is 16.7 Å². The minimum atomic E-state index is -3.32. The number of hydrogen-bond donors (Lipinski definition) is 7. The van der Waals surface area contributed by atoms with Crippen LogP contribution in [0.3, 0.4) is 0 Å². The van der Waals surface area contributed by atoms with Gasteiger partial charge in [-0.15, -0.1) is 11.3 Å². The molecule has 0 spiro atoms. The van der Waals surface area contributed by atoms with E-state index in [4.69, 9.17) is 4.74 Å². The number of thiophene rings is 1. The van der Waals surface area contributed by atoms with Crippen molar-refractivity contribution in [1.29, 1.82) is 0 Å². The molecule has 7 N–H and O–H groups in total. The summed E-state index contributed by atoms with van der Waals surface area (Å²) in [6.07, 6.45) is -4.61. The maximum absolute atomic E-state index is 10.5. The summed E-state index contributed by atoms with van der Waals surface area (Å²) >= 11 is 1.08. The Morgan fingerprint density at radius 3 is 2.28 bits per heavy atom. The van der Waals surface area contributed by atoms with E-state index in [-0.39, 0.29) is 22.8 Å². The second-order valence-corrected chi connectivity index (χ2v) is 8.30. The van der Waals surface area contributed by atoms with Gasteiger partial charge in [0.15, 0.2) is 11.5 Å². The van der Waals surface area contributed by atoms with E-state index in [9.17, 15) is 30.6 Å². The molecule has 0 aliphatic rings. The van der Waals surface area contributed by atoms with Gasteiger partial charge >= 0.3 is 6.10 Å². The molecule has 0 radical (unpaired) electrons. The van der Waals surface area contributed by atoms with Crippen molar-refractivity contribution in [1.82, 2.24) is 5.32 Å². The van der Waals surface area contributed by atoms with E-state index in [2.05, 4.69) is 0 Å². The third-order valence-electron chi connectivity index (χ3n) is 4.39. The topological polar surface area (TPSA) is 143 Å². The first-order chi connectivity index (χ1) is 13.5. The molecule has 2 aromatic carbocycles. The molecule has 3 aromatic rings. The van der Waals surface area contributed by atoms with E-state index in [1.807, 2.05) is 35.6 Å².